The average molecular weight is 290 g/mol. The molecular formula is C12H17Cl2N3O. The first-order valence-electron chi connectivity index (χ1n) is 5.79. The van der Waals surface area contributed by atoms with Gasteiger partial charge in [-0.2, -0.15) is 0 Å². The highest BCUT2D eigenvalue weighted by molar-refractivity contribution is 6.32. The number of hydrogen-bond acceptors (Lipinski definition) is 3. The smallest absolute Gasteiger partial charge is 0.256 e. The van der Waals surface area contributed by atoms with E-state index < -0.39 is 0 Å². The van der Waals surface area contributed by atoms with Crippen LogP contribution in [0, 0.1) is 0 Å². The number of aromatic nitrogens is 1. The number of pyridine rings is 1. The first kappa shape index (κ1) is 15.2. The molecule has 18 heavy (non-hydrogen) atoms. The van der Waals surface area contributed by atoms with Crippen LogP contribution in [0.2, 0.25) is 5.15 Å². The van der Waals surface area contributed by atoms with E-state index in [1.54, 1.807) is 18.3 Å². The third-order valence-electron chi connectivity index (χ3n) is 3.18. The summed E-state index contributed by atoms with van der Waals surface area (Å²) in [5, 5.41) is 3.52. The number of piperidine rings is 1. The van der Waals surface area contributed by atoms with Crippen LogP contribution >= 0.6 is 24.0 Å². The summed E-state index contributed by atoms with van der Waals surface area (Å²) in [6.07, 6.45) is 3.56. The van der Waals surface area contributed by atoms with E-state index in [-0.39, 0.29) is 23.5 Å². The van der Waals surface area contributed by atoms with Gasteiger partial charge in [-0.15, -0.1) is 12.4 Å². The molecule has 1 N–H and O–H groups in total. The summed E-state index contributed by atoms with van der Waals surface area (Å²) in [6.45, 7) is 1.55. The number of nitrogens with one attached hydrogen (secondary N) is 1. The minimum atomic E-state index is -0.0161. The van der Waals surface area contributed by atoms with Crippen LogP contribution in [0.1, 0.15) is 23.2 Å². The predicted octanol–water partition coefficient (Wildman–Crippen LogP) is 1.98. The molecule has 1 aromatic heterocycles. The molecule has 0 bridgehead atoms. The quantitative estimate of drug-likeness (QED) is 0.847. The van der Waals surface area contributed by atoms with Crippen molar-refractivity contribution in [3.05, 3.63) is 29.0 Å². The van der Waals surface area contributed by atoms with Crippen LogP contribution in [0.25, 0.3) is 0 Å². The Morgan fingerprint density at radius 3 is 2.72 bits per heavy atom. The van der Waals surface area contributed by atoms with Crippen LogP contribution in [0.15, 0.2) is 18.3 Å². The zero-order valence-electron chi connectivity index (χ0n) is 10.2. The van der Waals surface area contributed by atoms with Crippen molar-refractivity contribution in [1.82, 2.24) is 15.2 Å². The van der Waals surface area contributed by atoms with Crippen molar-refractivity contribution in [3.63, 3.8) is 0 Å². The van der Waals surface area contributed by atoms with E-state index in [2.05, 4.69) is 10.3 Å². The van der Waals surface area contributed by atoms with E-state index >= 15 is 0 Å². The van der Waals surface area contributed by atoms with Gasteiger partial charge in [-0.3, -0.25) is 4.79 Å². The van der Waals surface area contributed by atoms with E-state index in [1.807, 2.05) is 11.9 Å². The summed E-state index contributed by atoms with van der Waals surface area (Å²) in [5.41, 5.74) is 0.497. The highest BCUT2D eigenvalue weighted by Crippen LogP contribution is 2.17. The van der Waals surface area contributed by atoms with E-state index in [0.717, 1.165) is 25.9 Å². The summed E-state index contributed by atoms with van der Waals surface area (Å²) in [4.78, 5) is 18.0. The van der Waals surface area contributed by atoms with Crippen molar-refractivity contribution < 1.29 is 4.79 Å². The molecule has 0 unspecified atom stereocenters. The molecule has 0 spiro atoms. The first-order valence-corrected chi connectivity index (χ1v) is 6.17. The normalized spacial score (nSPS) is 16.2. The van der Waals surface area contributed by atoms with Crippen molar-refractivity contribution in [2.75, 3.05) is 20.1 Å². The van der Waals surface area contributed by atoms with Gasteiger partial charge in [-0.25, -0.2) is 4.98 Å². The molecule has 2 rings (SSSR count). The molecule has 6 heteroatoms. The second-order valence-corrected chi connectivity index (χ2v) is 4.55. The van der Waals surface area contributed by atoms with E-state index in [1.165, 1.54) is 0 Å². The van der Waals surface area contributed by atoms with Crippen LogP contribution in [-0.4, -0.2) is 42.0 Å². The Morgan fingerprint density at radius 1 is 1.50 bits per heavy atom. The molecule has 1 aliphatic rings. The van der Waals surface area contributed by atoms with Gasteiger partial charge < -0.3 is 10.2 Å². The molecular weight excluding hydrogens is 273 g/mol. The van der Waals surface area contributed by atoms with Crippen LogP contribution in [0.4, 0.5) is 0 Å². The molecule has 1 aromatic rings. The second kappa shape index (κ2) is 6.92. The first-order chi connectivity index (χ1) is 8.22. The van der Waals surface area contributed by atoms with Crippen molar-refractivity contribution in [1.29, 1.82) is 0 Å². The minimum Gasteiger partial charge on any atom is -0.338 e. The highest BCUT2D eigenvalue weighted by Gasteiger charge is 2.24. The zero-order chi connectivity index (χ0) is 12.3. The molecule has 100 valence electrons. The molecule has 0 saturated carbocycles. The molecule has 0 aromatic carbocycles. The molecule has 1 saturated heterocycles. The fraction of sp³-hybridized carbons (Fsp3) is 0.500. The third kappa shape index (κ3) is 3.34. The number of likely N-dealkylation sites (tertiary alicyclic amines) is 1. The van der Waals surface area contributed by atoms with Crippen molar-refractivity contribution in [3.8, 4) is 0 Å². The van der Waals surface area contributed by atoms with Gasteiger partial charge >= 0.3 is 0 Å². The van der Waals surface area contributed by atoms with E-state index in [0.29, 0.717) is 11.6 Å². The number of amides is 1. The van der Waals surface area contributed by atoms with Crippen LogP contribution in [-0.2, 0) is 0 Å². The SMILES string of the molecule is CNC1CCN(C(=O)c2cccnc2Cl)CC1.Cl. The second-order valence-electron chi connectivity index (χ2n) is 4.20. The lowest BCUT2D eigenvalue weighted by Crippen LogP contribution is -2.44. The third-order valence-corrected chi connectivity index (χ3v) is 3.48. The molecule has 1 aliphatic heterocycles. The Hall–Kier alpha value is -0.840. The zero-order valence-corrected chi connectivity index (χ0v) is 11.8. The predicted molar refractivity (Wildman–Crippen MR) is 74.5 cm³/mol. The molecule has 1 amide bonds. The molecule has 0 atom stereocenters. The summed E-state index contributed by atoms with van der Waals surface area (Å²) in [7, 11) is 1.96. The lowest BCUT2D eigenvalue weighted by Gasteiger charge is -2.31. The largest absolute Gasteiger partial charge is 0.338 e. The van der Waals surface area contributed by atoms with Gasteiger partial charge in [0.15, 0.2) is 0 Å². The van der Waals surface area contributed by atoms with Gasteiger partial charge in [-0.05, 0) is 32.0 Å². The van der Waals surface area contributed by atoms with Crippen LogP contribution < -0.4 is 5.32 Å². The fourth-order valence-electron chi connectivity index (χ4n) is 2.09. The van der Waals surface area contributed by atoms with Gasteiger partial charge in [-0.1, -0.05) is 11.6 Å². The minimum absolute atomic E-state index is 0. The fourth-order valence-corrected chi connectivity index (χ4v) is 2.29. The number of halogens is 2. The monoisotopic (exact) mass is 289 g/mol. The lowest BCUT2D eigenvalue weighted by molar-refractivity contribution is 0.0707. The molecule has 0 radical (unpaired) electrons. The summed E-state index contributed by atoms with van der Waals surface area (Å²) in [5.74, 6) is -0.0161. The van der Waals surface area contributed by atoms with Crippen molar-refractivity contribution >= 4 is 29.9 Å². The molecule has 4 nitrogen and oxygen atoms in total. The number of nitrogens with zero attached hydrogens (tertiary/aromatic N) is 2. The van der Waals surface area contributed by atoms with E-state index in [4.69, 9.17) is 11.6 Å². The maximum Gasteiger partial charge on any atom is 0.256 e. The average Bonchev–Trinajstić information content (AvgIpc) is 2.39. The Kier molecular flexibility index (Phi) is 5.85. The standard InChI is InChI=1S/C12H16ClN3O.ClH/c1-14-9-4-7-16(8-5-9)12(17)10-3-2-6-15-11(10)13;/h2-3,6,9,14H,4-5,7-8H2,1H3;1H. The topological polar surface area (TPSA) is 45.2 Å². The van der Waals surface area contributed by atoms with Crippen molar-refractivity contribution in [2.45, 2.75) is 18.9 Å². The number of rotatable bonds is 2. The van der Waals surface area contributed by atoms with Gasteiger partial charge in [0.25, 0.3) is 5.91 Å². The van der Waals surface area contributed by atoms with Crippen LogP contribution in [0.5, 0.6) is 0 Å². The van der Waals surface area contributed by atoms with Crippen molar-refractivity contribution in [2.24, 2.45) is 0 Å². The maximum atomic E-state index is 12.2. The summed E-state index contributed by atoms with van der Waals surface area (Å²) in [6, 6.07) is 3.98. The Morgan fingerprint density at radius 2 is 2.17 bits per heavy atom. The van der Waals surface area contributed by atoms with Gasteiger partial charge in [0.1, 0.15) is 5.15 Å². The Bertz CT molecular complexity index is 406. The molecule has 1 fully saturated rings. The van der Waals surface area contributed by atoms with Gasteiger partial charge in [0.2, 0.25) is 0 Å². The highest BCUT2D eigenvalue weighted by atomic mass is 35.5. The summed E-state index contributed by atoms with van der Waals surface area (Å²) < 4.78 is 0. The number of hydrogen-bond donors (Lipinski definition) is 1. The Balaban J connectivity index is 0.00000162. The summed E-state index contributed by atoms with van der Waals surface area (Å²) >= 11 is 5.92. The molecule has 2 heterocycles. The number of carbonyl (C=O) groups is 1. The number of carbonyl (C=O) groups excluding carboxylic acids is 1. The van der Waals surface area contributed by atoms with E-state index in [9.17, 15) is 4.79 Å². The Labute approximate surface area is 118 Å². The van der Waals surface area contributed by atoms with Gasteiger partial charge in [0, 0.05) is 25.3 Å². The lowest BCUT2D eigenvalue weighted by atomic mass is 10.0. The molecule has 0 aliphatic carbocycles. The van der Waals surface area contributed by atoms with Crippen LogP contribution in [0.3, 0.4) is 0 Å². The maximum absolute atomic E-state index is 12.2. The van der Waals surface area contributed by atoms with Gasteiger partial charge in [0.05, 0.1) is 5.56 Å².